The molecule has 1 nitrogen and oxygen atoms in total. The van der Waals surface area contributed by atoms with E-state index in [1.165, 1.54) is 19.6 Å². The van der Waals surface area contributed by atoms with Gasteiger partial charge in [-0.3, -0.25) is 0 Å². The fourth-order valence-corrected chi connectivity index (χ4v) is 3.08. The molecular weight excluding hydrogens is 483 g/mol. The average molecular weight is 504 g/mol. The summed E-state index contributed by atoms with van der Waals surface area (Å²) in [4.78, 5) is 0. The predicted molar refractivity (Wildman–Crippen MR) is 87.4 cm³/mol. The molecule has 0 aromatic heterocycles. The Morgan fingerprint density at radius 2 is 1.13 bits per heavy atom. The summed E-state index contributed by atoms with van der Waals surface area (Å²) < 4.78 is 177. The highest BCUT2D eigenvalue weighted by Crippen LogP contribution is 2.61. The summed E-state index contributed by atoms with van der Waals surface area (Å²) in [7, 11) is -2.83. The van der Waals surface area contributed by atoms with Gasteiger partial charge in [0.1, 0.15) is 0 Å². The van der Waals surface area contributed by atoms with Crippen LogP contribution in [0.1, 0.15) is 32.6 Å². The Morgan fingerprint density at radius 1 is 0.710 bits per heavy atom. The average Bonchev–Trinajstić information content (AvgIpc) is 2.51. The van der Waals surface area contributed by atoms with Crippen molar-refractivity contribution >= 4 is 8.32 Å². The second-order valence-corrected chi connectivity index (χ2v) is 12.1. The number of allylic oxidation sites excluding steroid dienone is 2. The van der Waals surface area contributed by atoms with Crippen molar-refractivity contribution in [3.05, 3.63) is 11.8 Å². The van der Waals surface area contributed by atoms with Gasteiger partial charge in [0.2, 0.25) is 8.32 Å². The maximum absolute atomic E-state index is 14.1. The molecule has 0 atom stereocenters. The molecule has 31 heavy (non-hydrogen) atoms. The molecule has 0 aliphatic heterocycles. The molecule has 0 aliphatic carbocycles. The molecule has 0 spiro atoms. The number of halogens is 13. The van der Waals surface area contributed by atoms with Crippen molar-refractivity contribution in [3.8, 4) is 0 Å². The van der Waals surface area contributed by atoms with Crippen LogP contribution in [0.15, 0.2) is 11.8 Å². The van der Waals surface area contributed by atoms with Crippen molar-refractivity contribution in [1.82, 2.24) is 0 Å². The standard InChI is InChI=1S/C16H21F13OSi/c1-5-6-7-8-10(30-31(2,3)4)9-11(17,18)12(19,20)13(21,22)14(23,24)15(25,26)16(27,28)29/h8H,5-7,9H2,1-4H3/b10-8+. The third-order valence-corrected chi connectivity index (χ3v) is 4.64. The predicted octanol–water partition coefficient (Wildman–Crippen LogP) is 8.04. The zero-order valence-corrected chi connectivity index (χ0v) is 17.7. The number of hydrogen-bond donors (Lipinski definition) is 0. The zero-order valence-electron chi connectivity index (χ0n) is 16.7. The van der Waals surface area contributed by atoms with E-state index >= 15 is 0 Å². The van der Waals surface area contributed by atoms with Crippen LogP contribution in [0.4, 0.5) is 57.1 Å². The van der Waals surface area contributed by atoms with Crippen LogP contribution in [0.25, 0.3) is 0 Å². The summed E-state index contributed by atoms with van der Waals surface area (Å²) in [6, 6.07) is 0. The first-order valence-electron chi connectivity index (χ1n) is 8.73. The van der Waals surface area contributed by atoms with Crippen LogP contribution in [0.2, 0.25) is 19.6 Å². The minimum atomic E-state index is -7.89. The molecule has 0 bridgehead atoms. The van der Waals surface area contributed by atoms with Crippen LogP contribution < -0.4 is 0 Å². The Kier molecular flexibility index (Phi) is 8.67. The molecule has 0 aliphatic rings. The molecule has 0 unspecified atom stereocenters. The van der Waals surface area contributed by atoms with E-state index in [9.17, 15) is 57.1 Å². The van der Waals surface area contributed by atoms with Crippen molar-refractivity contribution in [2.75, 3.05) is 0 Å². The zero-order chi connectivity index (χ0) is 25.3. The maximum Gasteiger partial charge on any atom is 0.460 e. The lowest BCUT2D eigenvalue weighted by atomic mass is 9.92. The summed E-state index contributed by atoms with van der Waals surface area (Å²) >= 11 is 0. The first-order valence-corrected chi connectivity index (χ1v) is 12.1. The third-order valence-electron chi connectivity index (χ3n) is 3.76. The van der Waals surface area contributed by atoms with Crippen molar-refractivity contribution in [1.29, 1.82) is 0 Å². The van der Waals surface area contributed by atoms with Gasteiger partial charge in [-0.05, 0) is 38.6 Å². The van der Waals surface area contributed by atoms with E-state index in [0.29, 0.717) is 12.8 Å². The van der Waals surface area contributed by atoms with Gasteiger partial charge in [0, 0.05) is 0 Å². The molecule has 0 radical (unpaired) electrons. The van der Waals surface area contributed by atoms with Gasteiger partial charge in [-0.25, -0.2) is 0 Å². The summed E-state index contributed by atoms with van der Waals surface area (Å²) in [5.74, 6) is -37.9. The molecule has 0 aromatic rings. The SMILES string of the molecule is CCCC/C=C(\CC(F)(F)C(F)(F)C(F)(F)C(F)(F)C(F)(F)C(F)(F)F)O[Si](C)(C)C. The fraction of sp³-hybridized carbons (Fsp3) is 0.875. The van der Waals surface area contributed by atoms with E-state index in [1.54, 1.807) is 6.92 Å². The molecule has 15 heteroatoms. The van der Waals surface area contributed by atoms with Gasteiger partial charge in [-0.1, -0.05) is 13.3 Å². The van der Waals surface area contributed by atoms with Crippen LogP contribution >= 0.6 is 0 Å². The van der Waals surface area contributed by atoms with Crippen molar-refractivity contribution < 1.29 is 61.5 Å². The second kappa shape index (κ2) is 9.00. The van der Waals surface area contributed by atoms with Gasteiger partial charge in [0.15, 0.2) is 0 Å². The van der Waals surface area contributed by atoms with Crippen LogP contribution in [0.5, 0.6) is 0 Å². The highest BCUT2D eigenvalue weighted by Gasteiger charge is 2.90. The summed E-state index contributed by atoms with van der Waals surface area (Å²) in [6.07, 6.45) is -8.27. The lowest BCUT2D eigenvalue weighted by molar-refractivity contribution is -0.439. The van der Waals surface area contributed by atoms with Gasteiger partial charge < -0.3 is 4.43 Å². The van der Waals surface area contributed by atoms with Crippen LogP contribution in [-0.4, -0.2) is 44.1 Å². The van der Waals surface area contributed by atoms with Gasteiger partial charge in [-0.15, -0.1) is 0 Å². The lowest BCUT2D eigenvalue weighted by Gasteiger charge is -2.40. The maximum atomic E-state index is 14.1. The molecule has 0 rings (SSSR count). The lowest BCUT2D eigenvalue weighted by Crippen LogP contribution is -2.70. The van der Waals surface area contributed by atoms with Crippen molar-refractivity contribution in [2.45, 2.75) is 88.0 Å². The first-order chi connectivity index (χ1) is 13.4. The Balaban J connectivity index is 6.26. The number of rotatable bonds is 11. The van der Waals surface area contributed by atoms with Gasteiger partial charge in [0.25, 0.3) is 0 Å². The van der Waals surface area contributed by atoms with Crippen molar-refractivity contribution in [2.24, 2.45) is 0 Å². The molecule has 0 aromatic carbocycles. The third kappa shape index (κ3) is 6.00. The van der Waals surface area contributed by atoms with E-state index in [2.05, 4.69) is 0 Å². The van der Waals surface area contributed by atoms with E-state index < -0.39 is 56.3 Å². The van der Waals surface area contributed by atoms with Gasteiger partial charge >= 0.3 is 35.8 Å². The van der Waals surface area contributed by atoms with Crippen molar-refractivity contribution in [3.63, 3.8) is 0 Å². The molecule has 0 fully saturated rings. The van der Waals surface area contributed by atoms with E-state index in [-0.39, 0.29) is 6.42 Å². The monoisotopic (exact) mass is 504 g/mol. The molecular formula is C16H21F13OSi. The second-order valence-electron chi connectivity index (χ2n) is 7.70. The van der Waals surface area contributed by atoms with E-state index in [4.69, 9.17) is 4.43 Å². The first kappa shape index (κ1) is 29.8. The number of hydrogen-bond acceptors (Lipinski definition) is 1. The molecule has 0 saturated carbocycles. The Bertz CT molecular complexity index is 632. The minimum absolute atomic E-state index is 0.0589. The van der Waals surface area contributed by atoms with Crippen LogP contribution in [-0.2, 0) is 4.43 Å². The molecule has 0 heterocycles. The minimum Gasteiger partial charge on any atom is -0.547 e. The Morgan fingerprint density at radius 3 is 1.48 bits per heavy atom. The van der Waals surface area contributed by atoms with Crippen LogP contribution in [0.3, 0.4) is 0 Å². The Labute approximate surface area is 170 Å². The van der Waals surface area contributed by atoms with Gasteiger partial charge in [-0.2, -0.15) is 57.1 Å². The number of alkyl halides is 13. The van der Waals surface area contributed by atoms with Gasteiger partial charge in [0.05, 0.1) is 12.2 Å². The molecule has 0 saturated heterocycles. The number of unbranched alkanes of at least 4 members (excludes halogenated alkanes) is 2. The topological polar surface area (TPSA) is 9.23 Å². The summed E-state index contributed by atoms with van der Waals surface area (Å²) in [5.41, 5.74) is 0. The Hall–Kier alpha value is -1.15. The van der Waals surface area contributed by atoms with E-state index in [1.807, 2.05) is 0 Å². The highest BCUT2D eigenvalue weighted by molar-refractivity contribution is 6.70. The molecule has 0 amide bonds. The molecule has 0 N–H and O–H groups in total. The normalized spacial score (nSPS) is 16.0. The quantitative estimate of drug-likeness (QED) is 0.120. The highest BCUT2D eigenvalue weighted by atomic mass is 28.4. The summed E-state index contributed by atoms with van der Waals surface area (Å²) in [5, 5.41) is 0. The summed E-state index contributed by atoms with van der Waals surface area (Å²) in [6.45, 7) is 5.79. The van der Waals surface area contributed by atoms with E-state index in [0.717, 1.165) is 6.08 Å². The molecule has 186 valence electrons. The fourth-order valence-electron chi connectivity index (χ4n) is 2.14. The smallest absolute Gasteiger partial charge is 0.460 e. The largest absolute Gasteiger partial charge is 0.547 e. The van der Waals surface area contributed by atoms with Crippen LogP contribution in [0, 0.1) is 0 Å².